The first-order chi connectivity index (χ1) is 17.0. The van der Waals surface area contributed by atoms with E-state index in [0.29, 0.717) is 17.7 Å². The Labute approximate surface area is 233 Å². The number of aliphatic hydroxyl groups excluding tert-OH is 1. The Balaban J connectivity index is 1.29. The zero-order valence-electron chi connectivity index (χ0n) is 24.1. The van der Waals surface area contributed by atoms with Gasteiger partial charge in [-0.15, -0.1) is 0 Å². The molecule has 2 N–H and O–H groups in total. The van der Waals surface area contributed by atoms with Crippen LogP contribution in [0.25, 0.3) is 0 Å². The van der Waals surface area contributed by atoms with Crippen LogP contribution in [0.5, 0.6) is 0 Å². The molecule has 0 aromatic carbocycles. The Hall–Kier alpha value is -0.0200. The van der Waals surface area contributed by atoms with Crippen molar-refractivity contribution in [1.82, 2.24) is 0 Å². The van der Waals surface area contributed by atoms with Gasteiger partial charge in [-0.3, -0.25) is 0 Å². The van der Waals surface area contributed by atoms with E-state index in [1.807, 2.05) is 6.92 Å². The number of hydrogen-bond donors (Lipinski definition) is 2. The van der Waals surface area contributed by atoms with Gasteiger partial charge in [0.05, 0.1) is 58.5 Å². The van der Waals surface area contributed by atoms with Gasteiger partial charge in [-0.05, 0) is 118 Å². The second-order valence-electron chi connectivity index (χ2n) is 14.0. The van der Waals surface area contributed by atoms with Crippen LogP contribution < -0.4 is 0 Å². The average molecular weight is 588 g/mol. The number of ether oxygens (including phenoxy) is 4. The van der Waals surface area contributed by atoms with Crippen molar-refractivity contribution in [1.29, 1.82) is 0 Å². The molecule has 6 nitrogen and oxygen atoms in total. The molecule has 0 unspecified atom stereocenters. The molecule has 0 aromatic rings. The maximum atomic E-state index is 11.0. The lowest BCUT2D eigenvalue weighted by atomic mass is 9.76. The highest BCUT2D eigenvalue weighted by atomic mass is 79.9. The highest BCUT2D eigenvalue weighted by molar-refractivity contribution is 9.09. The van der Waals surface area contributed by atoms with E-state index in [1.54, 1.807) is 13.8 Å². The fourth-order valence-corrected chi connectivity index (χ4v) is 7.34. The van der Waals surface area contributed by atoms with Gasteiger partial charge < -0.3 is 29.2 Å². The van der Waals surface area contributed by atoms with E-state index in [2.05, 4.69) is 50.2 Å². The van der Waals surface area contributed by atoms with Crippen LogP contribution in [0.15, 0.2) is 12.2 Å². The van der Waals surface area contributed by atoms with Crippen molar-refractivity contribution in [3.05, 3.63) is 12.2 Å². The van der Waals surface area contributed by atoms with Crippen LogP contribution in [-0.4, -0.2) is 73.6 Å². The molecule has 0 saturated carbocycles. The Morgan fingerprint density at radius 3 is 2.22 bits per heavy atom. The molecule has 0 aliphatic carbocycles. The predicted molar refractivity (Wildman–Crippen MR) is 149 cm³/mol. The summed E-state index contributed by atoms with van der Waals surface area (Å²) in [5, 5.41) is 21.3. The summed E-state index contributed by atoms with van der Waals surface area (Å²) in [6.45, 7) is 18.6. The molecule has 9 atom stereocenters. The quantitative estimate of drug-likeness (QED) is 0.282. The van der Waals surface area contributed by atoms with Crippen molar-refractivity contribution in [2.45, 2.75) is 176 Å². The van der Waals surface area contributed by atoms with E-state index in [0.717, 1.165) is 56.9 Å². The molecule has 214 valence electrons. The van der Waals surface area contributed by atoms with E-state index in [4.69, 9.17) is 18.9 Å². The first-order valence-corrected chi connectivity index (χ1v) is 15.3. The zero-order valence-corrected chi connectivity index (χ0v) is 25.7. The molecule has 4 heterocycles. The van der Waals surface area contributed by atoms with Crippen molar-refractivity contribution < 1.29 is 29.2 Å². The van der Waals surface area contributed by atoms with Gasteiger partial charge in [0.15, 0.2) is 0 Å². The summed E-state index contributed by atoms with van der Waals surface area (Å²) < 4.78 is 26.2. The maximum Gasteiger partial charge on any atom is 0.0924 e. The molecule has 37 heavy (non-hydrogen) atoms. The van der Waals surface area contributed by atoms with Gasteiger partial charge >= 0.3 is 0 Å². The van der Waals surface area contributed by atoms with Crippen molar-refractivity contribution in [3.8, 4) is 0 Å². The van der Waals surface area contributed by atoms with Gasteiger partial charge in [-0.1, -0.05) is 22.5 Å². The highest BCUT2D eigenvalue weighted by Crippen LogP contribution is 2.48. The maximum absolute atomic E-state index is 11.0. The van der Waals surface area contributed by atoms with Crippen LogP contribution in [0, 0.1) is 0 Å². The number of rotatable bonds is 7. The Morgan fingerprint density at radius 2 is 1.59 bits per heavy atom. The second-order valence-corrected chi connectivity index (χ2v) is 15.1. The molecule has 4 aliphatic heterocycles. The molecule has 7 heteroatoms. The minimum absolute atomic E-state index is 0.0235. The number of aliphatic hydroxyl groups is 2. The zero-order chi connectivity index (χ0) is 27.4. The van der Waals surface area contributed by atoms with E-state index in [1.165, 1.54) is 0 Å². The van der Waals surface area contributed by atoms with Gasteiger partial charge in [0, 0.05) is 4.83 Å². The molecule has 0 bridgehead atoms. The van der Waals surface area contributed by atoms with Crippen LogP contribution in [-0.2, 0) is 18.9 Å². The molecular formula is C30H51BrO6. The molecular weight excluding hydrogens is 536 g/mol. The van der Waals surface area contributed by atoms with Crippen molar-refractivity contribution >= 4 is 15.9 Å². The topological polar surface area (TPSA) is 77.4 Å². The van der Waals surface area contributed by atoms with Gasteiger partial charge in [-0.2, -0.15) is 0 Å². The average Bonchev–Trinajstić information content (AvgIpc) is 3.22. The van der Waals surface area contributed by atoms with Crippen LogP contribution >= 0.6 is 15.9 Å². The Bertz CT molecular complexity index is 840. The highest BCUT2D eigenvalue weighted by Gasteiger charge is 2.54. The number of alkyl halides is 1. The lowest BCUT2D eigenvalue weighted by Gasteiger charge is -2.55. The van der Waals surface area contributed by atoms with E-state index in [9.17, 15) is 10.2 Å². The third-order valence-electron chi connectivity index (χ3n) is 9.84. The minimum Gasteiger partial charge on any atom is -0.390 e. The Morgan fingerprint density at radius 1 is 0.946 bits per heavy atom. The fourth-order valence-electron chi connectivity index (χ4n) is 7.02. The number of halogens is 1. The fraction of sp³-hybridized carbons (Fsp3) is 0.933. The number of hydrogen-bond acceptors (Lipinski definition) is 6. The summed E-state index contributed by atoms with van der Waals surface area (Å²) in [7, 11) is 0. The van der Waals surface area contributed by atoms with Crippen LogP contribution in [0.4, 0.5) is 0 Å². The molecule has 0 radical (unpaired) electrons. The molecule has 4 aliphatic rings. The van der Waals surface area contributed by atoms with Crippen LogP contribution in [0.3, 0.4) is 0 Å². The molecule has 4 saturated heterocycles. The smallest absolute Gasteiger partial charge is 0.0924 e. The lowest BCUT2D eigenvalue weighted by molar-refractivity contribution is -0.285. The normalized spacial score (nSPS) is 45.3. The summed E-state index contributed by atoms with van der Waals surface area (Å²) in [5.74, 6) is 0. The van der Waals surface area contributed by atoms with Crippen LogP contribution in [0.2, 0.25) is 0 Å². The molecule has 0 amide bonds. The SMILES string of the molecule is C=C(CC[C@H](O)[C@@]1(C)CC[C@H](C(C)(C)O)O1)[C@@H]1CC[C@@H]2O[C@H]([C@@]3(C)CC[C@H](Br)C(C)(C)O3)CC[C@]2(C)O1. The van der Waals surface area contributed by atoms with E-state index < -0.39 is 17.3 Å². The van der Waals surface area contributed by atoms with Crippen LogP contribution in [0.1, 0.15) is 113 Å². The molecule has 4 rings (SSSR count). The summed E-state index contributed by atoms with van der Waals surface area (Å²) in [6, 6.07) is 0. The largest absolute Gasteiger partial charge is 0.390 e. The van der Waals surface area contributed by atoms with Gasteiger partial charge in [0.1, 0.15) is 0 Å². The van der Waals surface area contributed by atoms with E-state index >= 15 is 0 Å². The van der Waals surface area contributed by atoms with Crippen molar-refractivity contribution in [2.75, 3.05) is 0 Å². The third-order valence-corrected chi connectivity index (χ3v) is 11.4. The molecule has 0 aromatic heterocycles. The van der Waals surface area contributed by atoms with Gasteiger partial charge in [-0.25, -0.2) is 0 Å². The second kappa shape index (κ2) is 10.4. The van der Waals surface area contributed by atoms with Gasteiger partial charge in [0.2, 0.25) is 0 Å². The molecule has 4 fully saturated rings. The first-order valence-electron chi connectivity index (χ1n) is 14.4. The Kier molecular flexibility index (Phi) is 8.44. The third kappa shape index (κ3) is 6.18. The van der Waals surface area contributed by atoms with Crippen molar-refractivity contribution in [2.24, 2.45) is 0 Å². The summed E-state index contributed by atoms with van der Waals surface area (Å²) >= 11 is 3.80. The summed E-state index contributed by atoms with van der Waals surface area (Å²) in [4.78, 5) is 0.357. The van der Waals surface area contributed by atoms with Crippen molar-refractivity contribution in [3.63, 3.8) is 0 Å². The van der Waals surface area contributed by atoms with Gasteiger partial charge in [0.25, 0.3) is 0 Å². The monoisotopic (exact) mass is 586 g/mol. The standard InChI is InChI=1S/C30H51BrO6/c1-19(9-11-22(32)28(6)17-14-23(36-28)26(2,3)33)20-10-12-24-29(7,35-20)18-15-25(34-24)30(8)16-13-21(31)27(4,5)37-30/h20-25,32-33H,1,9-18H2,2-8H3/t20-,21-,22-,23+,24-,25-,28+,29-,30+/m0/s1. The first kappa shape index (κ1) is 30.0. The summed E-state index contributed by atoms with van der Waals surface area (Å²) in [5.41, 5.74) is -1.34. The molecule has 0 spiro atoms. The minimum atomic E-state index is -0.906. The summed E-state index contributed by atoms with van der Waals surface area (Å²) in [6.07, 6.45) is 7.74. The number of fused-ring (bicyclic) bond motifs is 1. The van der Waals surface area contributed by atoms with E-state index in [-0.39, 0.29) is 41.2 Å². The predicted octanol–water partition coefficient (Wildman–Crippen LogP) is 5.99. The lowest BCUT2D eigenvalue weighted by Crippen LogP contribution is -2.62.